The standard InChI is InChI=1S/C8H10O2S/c1-11(9,10)8-6-4-2-3-5-7-8/h2,4-7H,3H2,1H3. The molecule has 0 heterocycles. The highest BCUT2D eigenvalue weighted by molar-refractivity contribution is 7.94. The molecule has 0 aromatic heterocycles. The lowest BCUT2D eigenvalue weighted by molar-refractivity contribution is 0.608. The molecule has 0 aliphatic heterocycles. The third kappa shape index (κ3) is 2.35. The third-order valence-corrected chi connectivity index (χ3v) is 2.51. The van der Waals surface area contributed by atoms with E-state index in [9.17, 15) is 8.42 Å². The van der Waals surface area contributed by atoms with Gasteiger partial charge in [0.2, 0.25) is 0 Å². The summed E-state index contributed by atoms with van der Waals surface area (Å²) in [5.74, 6) is 0. The molecule has 0 fully saturated rings. The summed E-state index contributed by atoms with van der Waals surface area (Å²) >= 11 is 0. The van der Waals surface area contributed by atoms with Crippen LogP contribution in [0, 0.1) is 0 Å². The van der Waals surface area contributed by atoms with Crippen LogP contribution < -0.4 is 0 Å². The van der Waals surface area contributed by atoms with Gasteiger partial charge in [0.1, 0.15) is 0 Å². The molecule has 0 saturated carbocycles. The Morgan fingerprint density at radius 3 is 2.73 bits per heavy atom. The second-order valence-electron chi connectivity index (χ2n) is 2.41. The topological polar surface area (TPSA) is 34.1 Å². The molecule has 60 valence electrons. The highest BCUT2D eigenvalue weighted by Crippen LogP contribution is 2.09. The Bertz CT molecular complexity index is 318. The molecule has 0 spiro atoms. The van der Waals surface area contributed by atoms with E-state index in [2.05, 4.69) is 0 Å². The molecule has 11 heavy (non-hydrogen) atoms. The first-order chi connectivity index (χ1) is 5.11. The van der Waals surface area contributed by atoms with Gasteiger partial charge in [0, 0.05) is 6.26 Å². The van der Waals surface area contributed by atoms with E-state index in [4.69, 9.17) is 0 Å². The molecule has 0 aromatic rings. The molecule has 0 unspecified atom stereocenters. The zero-order valence-corrected chi connectivity index (χ0v) is 7.14. The van der Waals surface area contributed by atoms with Gasteiger partial charge in [0.25, 0.3) is 0 Å². The molecular formula is C8H10O2S. The molecule has 0 aromatic carbocycles. The quantitative estimate of drug-likeness (QED) is 0.596. The first-order valence-electron chi connectivity index (χ1n) is 3.34. The lowest BCUT2D eigenvalue weighted by atomic mass is 10.4. The minimum atomic E-state index is -3.03. The molecule has 3 heteroatoms. The van der Waals surface area contributed by atoms with Crippen LogP contribution in [0.15, 0.2) is 35.3 Å². The van der Waals surface area contributed by atoms with Gasteiger partial charge in [-0.05, 0) is 18.6 Å². The van der Waals surface area contributed by atoms with Gasteiger partial charge in [0.05, 0.1) is 4.91 Å². The molecule has 0 amide bonds. The number of hydrogen-bond donors (Lipinski definition) is 0. The van der Waals surface area contributed by atoms with Crippen molar-refractivity contribution in [3.05, 3.63) is 35.3 Å². The average Bonchev–Trinajstić information content (AvgIpc) is 2.10. The number of sulfone groups is 1. The number of allylic oxidation sites excluding steroid dienone is 5. The molecule has 0 saturated heterocycles. The molecule has 1 aliphatic carbocycles. The molecule has 2 nitrogen and oxygen atoms in total. The Morgan fingerprint density at radius 1 is 1.36 bits per heavy atom. The SMILES string of the molecule is CS(=O)(=O)C1=CC=CCC=C1. The predicted octanol–water partition coefficient (Wildman–Crippen LogP) is 1.43. The van der Waals surface area contributed by atoms with Crippen LogP contribution in [0.2, 0.25) is 0 Å². The fraction of sp³-hybridized carbons (Fsp3) is 0.250. The third-order valence-electron chi connectivity index (χ3n) is 1.38. The fourth-order valence-corrected chi connectivity index (χ4v) is 1.48. The lowest BCUT2D eigenvalue weighted by Crippen LogP contribution is -1.97. The molecule has 0 radical (unpaired) electrons. The van der Waals surface area contributed by atoms with E-state index in [0.717, 1.165) is 6.42 Å². The van der Waals surface area contributed by atoms with Crippen LogP contribution in [0.4, 0.5) is 0 Å². The van der Waals surface area contributed by atoms with Gasteiger partial charge in [-0.2, -0.15) is 0 Å². The van der Waals surface area contributed by atoms with E-state index in [1.54, 1.807) is 18.2 Å². The van der Waals surface area contributed by atoms with Crippen molar-refractivity contribution in [1.82, 2.24) is 0 Å². The van der Waals surface area contributed by atoms with Crippen molar-refractivity contribution in [3.8, 4) is 0 Å². The van der Waals surface area contributed by atoms with Crippen LogP contribution in [-0.2, 0) is 9.84 Å². The molecular weight excluding hydrogens is 160 g/mol. The van der Waals surface area contributed by atoms with Crippen molar-refractivity contribution in [1.29, 1.82) is 0 Å². The Balaban J connectivity index is 3.05. The molecule has 1 rings (SSSR count). The van der Waals surface area contributed by atoms with Gasteiger partial charge in [0.15, 0.2) is 9.84 Å². The van der Waals surface area contributed by atoms with Gasteiger partial charge < -0.3 is 0 Å². The summed E-state index contributed by atoms with van der Waals surface area (Å²) in [6, 6.07) is 0. The molecule has 1 aliphatic rings. The van der Waals surface area contributed by atoms with Crippen LogP contribution in [0.1, 0.15) is 6.42 Å². The molecule has 0 atom stereocenters. The minimum absolute atomic E-state index is 0.381. The van der Waals surface area contributed by atoms with Gasteiger partial charge in [-0.25, -0.2) is 8.42 Å². The molecule has 0 bridgehead atoms. The first-order valence-corrected chi connectivity index (χ1v) is 5.23. The van der Waals surface area contributed by atoms with E-state index in [-0.39, 0.29) is 0 Å². The zero-order valence-electron chi connectivity index (χ0n) is 6.32. The van der Waals surface area contributed by atoms with E-state index >= 15 is 0 Å². The Morgan fingerprint density at radius 2 is 2.09 bits per heavy atom. The summed E-state index contributed by atoms with van der Waals surface area (Å²) in [7, 11) is -3.03. The summed E-state index contributed by atoms with van der Waals surface area (Å²) in [6.45, 7) is 0. The van der Waals surface area contributed by atoms with E-state index in [1.165, 1.54) is 6.26 Å². The van der Waals surface area contributed by atoms with Crippen molar-refractivity contribution >= 4 is 9.84 Å². The Kier molecular flexibility index (Phi) is 2.29. The predicted molar refractivity (Wildman–Crippen MR) is 45.8 cm³/mol. The van der Waals surface area contributed by atoms with E-state index in [1.807, 2.05) is 12.2 Å². The Labute approximate surface area is 66.8 Å². The van der Waals surface area contributed by atoms with Crippen LogP contribution in [0.3, 0.4) is 0 Å². The highest BCUT2D eigenvalue weighted by Gasteiger charge is 2.06. The van der Waals surface area contributed by atoms with Crippen LogP contribution in [-0.4, -0.2) is 14.7 Å². The van der Waals surface area contributed by atoms with E-state index < -0.39 is 9.84 Å². The zero-order chi connectivity index (χ0) is 8.32. The summed E-state index contributed by atoms with van der Waals surface area (Å²) in [5.41, 5.74) is 0. The van der Waals surface area contributed by atoms with Crippen molar-refractivity contribution in [2.24, 2.45) is 0 Å². The maximum atomic E-state index is 11.0. The van der Waals surface area contributed by atoms with Gasteiger partial charge in [-0.1, -0.05) is 18.2 Å². The fourth-order valence-electron chi connectivity index (χ4n) is 0.807. The summed E-state index contributed by atoms with van der Waals surface area (Å²) in [6.07, 6.45) is 10.8. The second kappa shape index (κ2) is 3.05. The maximum Gasteiger partial charge on any atom is 0.175 e. The van der Waals surface area contributed by atoms with Crippen molar-refractivity contribution < 1.29 is 8.42 Å². The number of hydrogen-bond acceptors (Lipinski definition) is 2. The first kappa shape index (κ1) is 8.27. The van der Waals surface area contributed by atoms with Crippen molar-refractivity contribution in [2.75, 3.05) is 6.26 Å². The van der Waals surface area contributed by atoms with Crippen molar-refractivity contribution in [3.63, 3.8) is 0 Å². The van der Waals surface area contributed by atoms with Crippen LogP contribution >= 0.6 is 0 Å². The maximum absolute atomic E-state index is 11.0. The summed E-state index contributed by atoms with van der Waals surface area (Å²) < 4.78 is 22.0. The van der Waals surface area contributed by atoms with E-state index in [0.29, 0.717) is 4.91 Å². The lowest BCUT2D eigenvalue weighted by Gasteiger charge is -1.94. The van der Waals surface area contributed by atoms with Crippen LogP contribution in [0.25, 0.3) is 0 Å². The monoisotopic (exact) mass is 170 g/mol. The summed E-state index contributed by atoms with van der Waals surface area (Å²) in [5, 5.41) is 0. The highest BCUT2D eigenvalue weighted by atomic mass is 32.2. The normalized spacial score (nSPS) is 17.7. The average molecular weight is 170 g/mol. The van der Waals surface area contributed by atoms with Gasteiger partial charge >= 0.3 is 0 Å². The Hall–Kier alpha value is -0.830. The van der Waals surface area contributed by atoms with Gasteiger partial charge in [-0.15, -0.1) is 0 Å². The largest absolute Gasteiger partial charge is 0.224 e. The molecule has 0 N–H and O–H groups in total. The smallest absolute Gasteiger partial charge is 0.175 e. The number of rotatable bonds is 1. The second-order valence-corrected chi connectivity index (χ2v) is 4.42. The summed E-state index contributed by atoms with van der Waals surface area (Å²) in [4.78, 5) is 0.381. The van der Waals surface area contributed by atoms with Gasteiger partial charge in [-0.3, -0.25) is 0 Å². The minimum Gasteiger partial charge on any atom is -0.224 e. The van der Waals surface area contributed by atoms with Crippen LogP contribution in [0.5, 0.6) is 0 Å². The van der Waals surface area contributed by atoms with Crippen molar-refractivity contribution in [2.45, 2.75) is 6.42 Å².